The fraction of sp³-hybridized carbons (Fsp3) is 0.667. The van der Waals surface area contributed by atoms with Crippen molar-refractivity contribution < 1.29 is 9.53 Å². The smallest absolute Gasteiger partial charge is 0.323 e. The van der Waals surface area contributed by atoms with E-state index in [1.165, 1.54) is 0 Å². The molecule has 0 unspecified atom stereocenters. The Morgan fingerprint density at radius 1 is 1.15 bits per heavy atom. The molecule has 1 heterocycles. The van der Waals surface area contributed by atoms with Gasteiger partial charge in [0.25, 0.3) is 0 Å². The van der Waals surface area contributed by atoms with Crippen LogP contribution in [0.4, 0.5) is 11.9 Å². The predicted octanol–water partition coefficient (Wildman–Crippen LogP) is 0.592. The zero-order chi connectivity index (χ0) is 15.0. The summed E-state index contributed by atoms with van der Waals surface area (Å²) in [6, 6.07) is 0.264. The van der Waals surface area contributed by atoms with Gasteiger partial charge in [-0.3, -0.25) is 4.79 Å². The van der Waals surface area contributed by atoms with Crippen molar-refractivity contribution in [1.82, 2.24) is 19.9 Å². The van der Waals surface area contributed by atoms with Gasteiger partial charge in [-0.1, -0.05) is 0 Å². The molecule has 0 radical (unpaired) electrons. The maximum absolute atomic E-state index is 11.5. The monoisotopic (exact) mass is 282 g/mol. The number of aromatic nitrogens is 3. The van der Waals surface area contributed by atoms with Crippen LogP contribution >= 0.6 is 0 Å². The Morgan fingerprint density at radius 2 is 1.80 bits per heavy atom. The first-order valence-electron chi connectivity index (χ1n) is 6.63. The summed E-state index contributed by atoms with van der Waals surface area (Å²) in [6.45, 7) is 5.45. The van der Waals surface area contributed by atoms with E-state index < -0.39 is 0 Å². The molecule has 0 saturated carbocycles. The molecule has 20 heavy (non-hydrogen) atoms. The molecule has 2 N–H and O–H groups in total. The number of hydrogen-bond acceptors (Lipinski definition) is 7. The van der Waals surface area contributed by atoms with Crippen molar-refractivity contribution >= 4 is 17.8 Å². The third kappa shape index (κ3) is 5.25. The number of carbonyl (C=O) groups is 1. The topological polar surface area (TPSA) is 92.3 Å². The van der Waals surface area contributed by atoms with Crippen molar-refractivity contribution in [2.45, 2.75) is 20.3 Å². The van der Waals surface area contributed by atoms with Crippen LogP contribution in [0.5, 0.6) is 6.01 Å². The third-order valence-corrected chi connectivity index (χ3v) is 2.34. The maximum atomic E-state index is 11.5. The van der Waals surface area contributed by atoms with Crippen LogP contribution < -0.4 is 15.4 Å². The molecular formula is C12H22N6O2. The van der Waals surface area contributed by atoms with Crippen LogP contribution in [0, 0.1) is 0 Å². The summed E-state index contributed by atoms with van der Waals surface area (Å²) >= 11 is 0. The van der Waals surface area contributed by atoms with E-state index in [4.69, 9.17) is 4.74 Å². The molecule has 0 saturated heterocycles. The van der Waals surface area contributed by atoms with Gasteiger partial charge in [-0.15, -0.1) is 0 Å². The first-order chi connectivity index (χ1) is 9.56. The lowest BCUT2D eigenvalue weighted by Crippen LogP contribution is -2.24. The van der Waals surface area contributed by atoms with E-state index in [2.05, 4.69) is 25.6 Å². The largest absolute Gasteiger partial charge is 0.464 e. The van der Waals surface area contributed by atoms with E-state index in [1.54, 1.807) is 19.0 Å². The molecule has 112 valence electrons. The fourth-order valence-corrected chi connectivity index (χ4v) is 1.37. The number of ether oxygens (including phenoxy) is 1. The molecule has 8 heteroatoms. The molecular weight excluding hydrogens is 260 g/mol. The quantitative estimate of drug-likeness (QED) is 0.721. The third-order valence-electron chi connectivity index (χ3n) is 2.34. The Labute approximate surface area is 119 Å². The number of nitrogens with zero attached hydrogens (tertiary/aromatic N) is 4. The van der Waals surface area contributed by atoms with Crippen LogP contribution in [0.1, 0.15) is 20.3 Å². The van der Waals surface area contributed by atoms with E-state index in [0.29, 0.717) is 38.0 Å². The van der Waals surface area contributed by atoms with Crippen molar-refractivity contribution in [2.24, 2.45) is 0 Å². The van der Waals surface area contributed by atoms with Crippen molar-refractivity contribution in [3.63, 3.8) is 0 Å². The van der Waals surface area contributed by atoms with Gasteiger partial charge in [0, 0.05) is 33.6 Å². The summed E-state index contributed by atoms with van der Waals surface area (Å²) in [5.41, 5.74) is 0. The van der Waals surface area contributed by atoms with Gasteiger partial charge < -0.3 is 20.3 Å². The Morgan fingerprint density at radius 3 is 2.35 bits per heavy atom. The minimum absolute atomic E-state index is 0.0449. The Hall–Kier alpha value is -2.12. The lowest BCUT2D eigenvalue weighted by Gasteiger charge is -2.11. The minimum Gasteiger partial charge on any atom is -0.464 e. The molecule has 0 aromatic carbocycles. The molecule has 1 aromatic heterocycles. The summed E-state index contributed by atoms with van der Waals surface area (Å²) in [5.74, 6) is 0.891. The standard InChI is InChI=1S/C12H22N6O2/c1-5-13-10-15-11(17-12(16-10)20-6-2)14-8-7-9(19)18(3)4/h5-8H2,1-4H3,(H2,13,14,15,16,17). The summed E-state index contributed by atoms with van der Waals surface area (Å²) in [4.78, 5) is 25.5. The molecule has 0 aliphatic carbocycles. The SMILES string of the molecule is CCNc1nc(NCCC(=O)N(C)C)nc(OCC)n1. The zero-order valence-corrected chi connectivity index (χ0v) is 12.4. The van der Waals surface area contributed by atoms with Crippen LogP contribution in [0.3, 0.4) is 0 Å². The van der Waals surface area contributed by atoms with Crippen LogP contribution in [-0.2, 0) is 4.79 Å². The average Bonchev–Trinajstić information content (AvgIpc) is 2.39. The highest BCUT2D eigenvalue weighted by molar-refractivity contribution is 5.75. The molecule has 0 aliphatic rings. The van der Waals surface area contributed by atoms with E-state index in [-0.39, 0.29) is 11.9 Å². The molecule has 0 spiro atoms. The number of amides is 1. The van der Waals surface area contributed by atoms with Crippen LogP contribution in [0.15, 0.2) is 0 Å². The van der Waals surface area contributed by atoms with Gasteiger partial charge in [0.1, 0.15) is 0 Å². The highest BCUT2D eigenvalue weighted by atomic mass is 16.5. The Bertz CT molecular complexity index is 414. The van der Waals surface area contributed by atoms with Gasteiger partial charge in [0.2, 0.25) is 17.8 Å². The highest BCUT2D eigenvalue weighted by Crippen LogP contribution is 2.11. The van der Waals surface area contributed by atoms with E-state index >= 15 is 0 Å². The van der Waals surface area contributed by atoms with Gasteiger partial charge >= 0.3 is 6.01 Å². The number of nitrogens with one attached hydrogen (secondary N) is 2. The van der Waals surface area contributed by atoms with Crippen molar-refractivity contribution in [3.05, 3.63) is 0 Å². The fourth-order valence-electron chi connectivity index (χ4n) is 1.37. The van der Waals surface area contributed by atoms with E-state index in [0.717, 1.165) is 0 Å². The van der Waals surface area contributed by atoms with Gasteiger partial charge in [0.15, 0.2) is 0 Å². The van der Waals surface area contributed by atoms with E-state index in [9.17, 15) is 4.79 Å². The van der Waals surface area contributed by atoms with Gasteiger partial charge in [0.05, 0.1) is 6.61 Å². The van der Waals surface area contributed by atoms with Crippen LogP contribution in [0.25, 0.3) is 0 Å². The second kappa shape index (κ2) is 8.13. The van der Waals surface area contributed by atoms with Gasteiger partial charge in [-0.25, -0.2) is 0 Å². The molecule has 0 fully saturated rings. The second-order valence-corrected chi connectivity index (χ2v) is 4.19. The van der Waals surface area contributed by atoms with Crippen molar-refractivity contribution in [1.29, 1.82) is 0 Å². The summed E-state index contributed by atoms with van der Waals surface area (Å²) in [7, 11) is 3.45. The van der Waals surface area contributed by atoms with E-state index in [1.807, 2.05) is 13.8 Å². The zero-order valence-electron chi connectivity index (χ0n) is 12.4. The minimum atomic E-state index is 0.0449. The Kier molecular flexibility index (Phi) is 6.48. The summed E-state index contributed by atoms with van der Waals surface area (Å²) < 4.78 is 5.28. The van der Waals surface area contributed by atoms with Gasteiger partial charge in [-0.2, -0.15) is 15.0 Å². The number of anilines is 2. The first-order valence-corrected chi connectivity index (χ1v) is 6.63. The molecule has 0 aliphatic heterocycles. The number of hydrogen-bond donors (Lipinski definition) is 2. The maximum Gasteiger partial charge on any atom is 0.323 e. The lowest BCUT2D eigenvalue weighted by atomic mass is 10.4. The van der Waals surface area contributed by atoms with Gasteiger partial charge in [-0.05, 0) is 13.8 Å². The molecule has 1 amide bonds. The van der Waals surface area contributed by atoms with Crippen molar-refractivity contribution in [2.75, 3.05) is 44.4 Å². The molecule has 1 aromatic rings. The summed E-state index contributed by atoms with van der Waals surface area (Å²) in [6.07, 6.45) is 0.374. The number of carbonyl (C=O) groups excluding carboxylic acids is 1. The predicted molar refractivity (Wildman–Crippen MR) is 77.0 cm³/mol. The number of rotatable bonds is 8. The lowest BCUT2D eigenvalue weighted by molar-refractivity contribution is -0.128. The summed E-state index contributed by atoms with van der Waals surface area (Å²) in [5, 5.41) is 6.01. The average molecular weight is 282 g/mol. The van der Waals surface area contributed by atoms with Crippen LogP contribution in [-0.4, -0.2) is 59.6 Å². The molecule has 0 bridgehead atoms. The first kappa shape index (κ1) is 15.9. The Balaban J connectivity index is 2.65. The highest BCUT2D eigenvalue weighted by Gasteiger charge is 2.08. The molecule has 8 nitrogen and oxygen atoms in total. The van der Waals surface area contributed by atoms with Crippen molar-refractivity contribution in [3.8, 4) is 6.01 Å². The van der Waals surface area contributed by atoms with Crippen LogP contribution in [0.2, 0.25) is 0 Å². The molecule has 1 rings (SSSR count). The normalized spacial score (nSPS) is 10.0. The second-order valence-electron chi connectivity index (χ2n) is 4.19. The molecule has 0 atom stereocenters.